The Kier molecular flexibility index (Phi) is 4.31. The van der Waals surface area contributed by atoms with Gasteiger partial charge in [0, 0.05) is 17.9 Å². The number of carbonyl (C=O) groups excluding carboxylic acids is 1. The van der Waals surface area contributed by atoms with E-state index in [0.29, 0.717) is 30.2 Å². The van der Waals surface area contributed by atoms with Gasteiger partial charge in [0.2, 0.25) is 5.91 Å². The molecule has 1 heterocycles. The number of aliphatic carboxylic acids is 1. The molecule has 0 bridgehead atoms. The molecule has 1 saturated heterocycles. The number of nitrogens with zero attached hydrogens (tertiary/aromatic N) is 1. The van der Waals surface area contributed by atoms with Crippen LogP contribution in [0.4, 0.5) is 5.69 Å². The highest BCUT2D eigenvalue weighted by Crippen LogP contribution is 2.22. The van der Waals surface area contributed by atoms with Crippen molar-refractivity contribution in [1.82, 2.24) is 4.90 Å². The summed E-state index contributed by atoms with van der Waals surface area (Å²) in [4.78, 5) is 24.5. The van der Waals surface area contributed by atoms with Crippen LogP contribution in [0.3, 0.4) is 0 Å². The van der Waals surface area contributed by atoms with Crippen molar-refractivity contribution in [2.75, 3.05) is 17.4 Å². The lowest BCUT2D eigenvalue weighted by Gasteiger charge is -2.20. The van der Waals surface area contributed by atoms with E-state index in [1.807, 2.05) is 12.1 Å². The number of carbonyl (C=O) groups is 2. The number of amides is 1. The third-order valence-corrected chi connectivity index (χ3v) is 4.11. The average molecular weight is 280 g/mol. The summed E-state index contributed by atoms with van der Waals surface area (Å²) in [6, 6.07) is 6.69. The summed E-state index contributed by atoms with van der Waals surface area (Å²) in [6.45, 7) is 0. The molecule has 1 aliphatic rings. The number of carboxylic acid groups (broad SMARTS) is 1. The van der Waals surface area contributed by atoms with Crippen molar-refractivity contribution in [2.24, 2.45) is 0 Å². The Morgan fingerprint density at radius 2 is 2.05 bits per heavy atom. The molecular formula is C13H16N2O3S. The number of benzene rings is 1. The van der Waals surface area contributed by atoms with E-state index in [4.69, 9.17) is 10.8 Å². The van der Waals surface area contributed by atoms with Crippen LogP contribution in [0.25, 0.3) is 0 Å². The van der Waals surface area contributed by atoms with Crippen LogP contribution in [0.1, 0.15) is 12.0 Å². The third-order valence-electron chi connectivity index (χ3n) is 3.09. The van der Waals surface area contributed by atoms with Crippen LogP contribution in [0.5, 0.6) is 0 Å². The fourth-order valence-corrected chi connectivity index (χ4v) is 3.14. The topological polar surface area (TPSA) is 83.6 Å². The van der Waals surface area contributed by atoms with Gasteiger partial charge in [0.15, 0.2) is 0 Å². The minimum absolute atomic E-state index is 0.103. The predicted octanol–water partition coefficient (Wildman–Crippen LogP) is 1.19. The molecule has 5 nitrogen and oxygen atoms in total. The first-order chi connectivity index (χ1) is 9.08. The summed E-state index contributed by atoms with van der Waals surface area (Å²) in [7, 11) is 0. The van der Waals surface area contributed by atoms with Gasteiger partial charge in [-0.3, -0.25) is 4.79 Å². The Morgan fingerprint density at radius 3 is 2.68 bits per heavy atom. The van der Waals surface area contributed by atoms with Crippen LogP contribution in [-0.2, 0) is 16.0 Å². The lowest BCUT2D eigenvalue weighted by Crippen LogP contribution is -2.41. The molecule has 1 aromatic carbocycles. The number of hydrogen-bond donors (Lipinski definition) is 2. The van der Waals surface area contributed by atoms with Gasteiger partial charge in [-0.15, -0.1) is 11.8 Å². The van der Waals surface area contributed by atoms with E-state index in [0.717, 1.165) is 5.56 Å². The lowest BCUT2D eigenvalue weighted by atomic mass is 10.1. The summed E-state index contributed by atoms with van der Waals surface area (Å²) in [5, 5.41) is 9.03. The predicted molar refractivity (Wildman–Crippen MR) is 74.8 cm³/mol. The van der Waals surface area contributed by atoms with Crippen LogP contribution >= 0.6 is 11.8 Å². The van der Waals surface area contributed by atoms with Gasteiger partial charge in [-0.05, 0) is 24.1 Å². The lowest BCUT2D eigenvalue weighted by molar-refractivity contribution is -0.147. The summed E-state index contributed by atoms with van der Waals surface area (Å²) < 4.78 is 0. The number of anilines is 1. The first kappa shape index (κ1) is 13.7. The van der Waals surface area contributed by atoms with Crippen molar-refractivity contribution in [3.8, 4) is 0 Å². The molecular weight excluding hydrogens is 264 g/mol. The maximum absolute atomic E-state index is 12.0. The maximum Gasteiger partial charge on any atom is 0.327 e. The van der Waals surface area contributed by atoms with Crippen molar-refractivity contribution in [1.29, 1.82) is 0 Å². The van der Waals surface area contributed by atoms with Crippen molar-refractivity contribution in [3.05, 3.63) is 29.8 Å². The first-order valence-electron chi connectivity index (χ1n) is 6.02. The fraction of sp³-hybridized carbons (Fsp3) is 0.385. The van der Waals surface area contributed by atoms with Crippen molar-refractivity contribution in [3.63, 3.8) is 0 Å². The molecule has 0 saturated carbocycles. The monoisotopic (exact) mass is 280 g/mol. The first-order valence-corrected chi connectivity index (χ1v) is 7.18. The molecule has 1 amide bonds. The molecule has 19 heavy (non-hydrogen) atoms. The number of hydrogen-bond acceptors (Lipinski definition) is 4. The number of nitrogens with two attached hydrogens (primary N) is 1. The van der Waals surface area contributed by atoms with E-state index in [1.165, 1.54) is 16.7 Å². The second-order valence-corrected chi connectivity index (χ2v) is 5.46. The second-order valence-electron chi connectivity index (χ2n) is 4.46. The number of aryl methyl sites for hydroxylation is 1. The number of nitrogen functional groups attached to an aromatic ring is 1. The van der Waals surface area contributed by atoms with E-state index in [9.17, 15) is 9.59 Å². The normalized spacial score (nSPS) is 18.5. The smallest absolute Gasteiger partial charge is 0.327 e. The second kappa shape index (κ2) is 5.97. The molecule has 1 atom stereocenters. The summed E-state index contributed by atoms with van der Waals surface area (Å²) in [5.74, 6) is -0.0828. The zero-order valence-electron chi connectivity index (χ0n) is 10.4. The van der Waals surface area contributed by atoms with Gasteiger partial charge in [-0.2, -0.15) is 0 Å². The SMILES string of the molecule is Nc1ccc(CCC(=O)N2CSCC2C(=O)O)cc1. The summed E-state index contributed by atoms with van der Waals surface area (Å²) in [5.41, 5.74) is 7.31. The summed E-state index contributed by atoms with van der Waals surface area (Å²) >= 11 is 1.48. The zero-order valence-corrected chi connectivity index (χ0v) is 11.2. The molecule has 0 aromatic heterocycles. The molecule has 102 valence electrons. The van der Waals surface area contributed by atoms with Crippen molar-refractivity contribution in [2.45, 2.75) is 18.9 Å². The minimum atomic E-state index is -0.925. The molecule has 3 N–H and O–H groups in total. The molecule has 1 aromatic rings. The molecule has 0 aliphatic carbocycles. The average Bonchev–Trinajstić information content (AvgIpc) is 2.87. The van der Waals surface area contributed by atoms with Gasteiger partial charge in [0.05, 0.1) is 5.88 Å². The van der Waals surface area contributed by atoms with Crippen LogP contribution in [0.15, 0.2) is 24.3 Å². The molecule has 6 heteroatoms. The minimum Gasteiger partial charge on any atom is -0.480 e. The van der Waals surface area contributed by atoms with Crippen molar-refractivity contribution >= 4 is 29.3 Å². The van der Waals surface area contributed by atoms with Crippen molar-refractivity contribution < 1.29 is 14.7 Å². The van der Waals surface area contributed by atoms with Gasteiger partial charge in [-0.25, -0.2) is 4.79 Å². The number of thioether (sulfide) groups is 1. The molecule has 0 spiro atoms. The standard InChI is InChI=1S/C13H16N2O3S/c14-10-4-1-9(2-5-10)3-6-12(16)15-8-19-7-11(15)13(17)18/h1-2,4-5,11H,3,6-8,14H2,(H,17,18). The highest BCUT2D eigenvalue weighted by Gasteiger charge is 2.33. The molecule has 0 radical (unpaired) electrons. The zero-order chi connectivity index (χ0) is 13.8. The quantitative estimate of drug-likeness (QED) is 0.809. The van der Waals surface area contributed by atoms with Gasteiger partial charge >= 0.3 is 5.97 Å². The fourth-order valence-electron chi connectivity index (χ4n) is 1.97. The van der Waals surface area contributed by atoms with Gasteiger partial charge in [-0.1, -0.05) is 12.1 Å². The van der Waals surface area contributed by atoms with Crippen LogP contribution in [0, 0.1) is 0 Å². The number of rotatable bonds is 4. The van der Waals surface area contributed by atoms with Crippen LogP contribution < -0.4 is 5.73 Å². The van der Waals surface area contributed by atoms with Gasteiger partial charge in [0.1, 0.15) is 6.04 Å². The highest BCUT2D eigenvalue weighted by atomic mass is 32.2. The highest BCUT2D eigenvalue weighted by molar-refractivity contribution is 7.99. The number of carboxylic acids is 1. The molecule has 2 rings (SSSR count). The molecule has 1 aliphatic heterocycles. The summed E-state index contributed by atoms with van der Waals surface area (Å²) in [6.07, 6.45) is 0.931. The van der Waals surface area contributed by atoms with E-state index >= 15 is 0 Å². The molecule has 1 unspecified atom stereocenters. The van der Waals surface area contributed by atoms with E-state index in [2.05, 4.69) is 0 Å². The molecule has 1 fully saturated rings. The Balaban J connectivity index is 1.90. The Bertz CT molecular complexity index is 475. The largest absolute Gasteiger partial charge is 0.480 e. The Morgan fingerprint density at radius 1 is 1.37 bits per heavy atom. The van der Waals surface area contributed by atoms with Gasteiger partial charge < -0.3 is 15.7 Å². The van der Waals surface area contributed by atoms with E-state index in [1.54, 1.807) is 12.1 Å². The van der Waals surface area contributed by atoms with E-state index in [-0.39, 0.29) is 5.91 Å². The van der Waals surface area contributed by atoms with Gasteiger partial charge in [0.25, 0.3) is 0 Å². The van der Waals surface area contributed by atoms with Crippen LogP contribution in [0.2, 0.25) is 0 Å². The Hall–Kier alpha value is -1.69. The van der Waals surface area contributed by atoms with E-state index < -0.39 is 12.0 Å². The van der Waals surface area contributed by atoms with Crippen LogP contribution in [-0.4, -0.2) is 39.6 Å². The maximum atomic E-state index is 12.0. The third kappa shape index (κ3) is 3.41. The Labute approximate surface area is 115 Å².